The summed E-state index contributed by atoms with van der Waals surface area (Å²) in [6, 6.07) is 0. The van der Waals surface area contributed by atoms with E-state index >= 15 is 0 Å². The third kappa shape index (κ3) is 4.03. The number of carbonyl (C=O) groups excluding carboxylic acids is 3. The van der Waals surface area contributed by atoms with Crippen molar-refractivity contribution >= 4 is 17.5 Å². The van der Waals surface area contributed by atoms with Crippen LogP contribution in [0.4, 0.5) is 0 Å². The van der Waals surface area contributed by atoms with E-state index in [9.17, 15) is 19.5 Å². The fourth-order valence-electron chi connectivity index (χ4n) is 2.37. The summed E-state index contributed by atoms with van der Waals surface area (Å²) in [6.07, 6.45) is 9.96. The van der Waals surface area contributed by atoms with Gasteiger partial charge in [0.15, 0.2) is 0 Å². The summed E-state index contributed by atoms with van der Waals surface area (Å²) in [5, 5.41) is 9.24. The molecule has 0 aromatic carbocycles. The van der Waals surface area contributed by atoms with Crippen LogP contribution >= 0.6 is 0 Å². The minimum absolute atomic E-state index is 0.162. The minimum atomic E-state index is -1.95. The molecule has 132 valence electrons. The van der Waals surface area contributed by atoms with Gasteiger partial charge in [0.25, 0.3) is 0 Å². The van der Waals surface area contributed by atoms with Crippen LogP contribution in [0.2, 0.25) is 0 Å². The van der Waals surface area contributed by atoms with Crippen LogP contribution < -0.4 is 0 Å². The second-order valence-corrected chi connectivity index (χ2v) is 5.93. The minimum Gasteiger partial charge on any atom is -0.464 e. The summed E-state index contributed by atoms with van der Waals surface area (Å²) in [5.41, 5.74) is -1.38. The maximum absolute atomic E-state index is 12.7. The van der Waals surface area contributed by atoms with Crippen molar-refractivity contribution in [2.75, 3.05) is 0 Å². The van der Waals surface area contributed by atoms with E-state index in [0.29, 0.717) is 11.3 Å². The van der Waals surface area contributed by atoms with E-state index in [4.69, 9.17) is 9.47 Å². The zero-order valence-electron chi connectivity index (χ0n) is 14.3. The van der Waals surface area contributed by atoms with Crippen LogP contribution in [0.1, 0.15) is 27.2 Å². The number of aliphatic hydroxyl groups is 1. The number of Topliss-reactive ketones (excluding diaryl/α,β-unsaturated/α-hetero) is 1. The average molecular weight is 344 g/mol. The molecule has 0 saturated carbocycles. The number of rotatable bonds is 5. The fraction of sp³-hybridized carbons (Fsp3) is 0.316. The van der Waals surface area contributed by atoms with E-state index in [-0.39, 0.29) is 12.0 Å². The predicted molar refractivity (Wildman–Crippen MR) is 90.1 cm³/mol. The second kappa shape index (κ2) is 7.44. The number of allylic oxidation sites excluding steroid dienone is 6. The van der Waals surface area contributed by atoms with Crippen molar-refractivity contribution < 1.29 is 29.0 Å². The number of hydrogen-bond acceptors (Lipinski definition) is 6. The first-order valence-electron chi connectivity index (χ1n) is 7.87. The van der Waals surface area contributed by atoms with Crippen molar-refractivity contribution in [2.24, 2.45) is 0 Å². The number of esters is 1. The highest BCUT2D eigenvalue weighted by atomic mass is 16.6. The molecule has 6 heteroatoms. The topological polar surface area (TPSA) is 89.9 Å². The summed E-state index contributed by atoms with van der Waals surface area (Å²) < 4.78 is 10.5. The monoisotopic (exact) mass is 344 g/mol. The Bertz CT molecular complexity index is 748. The number of hydrogen-bond donors (Lipinski definition) is 1. The van der Waals surface area contributed by atoms with E-state index in [0.717, 1.165) is 0 Å². The van der Waals surface area contributed by atoms with Gasteiger partial charge in [-0.15, -0.1) is 0 Å². The molecule has 0 unspecified atom stereocenters. The molecular weight excluding hydrogens is 324 g/mol. The standard InChI is InChI=1S/C19H20O6/c1-4-5-6-7-14-9-13-10-16(21)19(3,18(23)15(13)11-24-14)25-17(22)8-12(2)20/h4-7,9-12,20H,8H2,1-3H3/b5-4+,7-6+/t12-,19+/m0/s1. The highest BCUT2D eigenvalue weighted by Gasteiger charge is 2.49. The molecule has 2 rings (SSSR count). The molecular formula is C19H20O6. The van der Waals surface area contributed by atoms with E-state index in [1.54, 1.807) is 18.2 Å². The largest absolute Gasteiger partial charge is 0.464 e. The normalized spacial score (nSPS) is 24.4. The van der Waals surface area contributed by atoms with Gasteiger partial charge in [0.05, 0.1) is 18.1 Å². The summed E-state index contributed by atoms with van der Waals surface area (Å²) in [4.78, 5) is 36.9. The Hall–Kier alpha value is -2.73. The summed E-state index contributed by atoms with van der Waals surface area (Å²) in [6.45, 7) is 4.53. The molecule has 2 aliphatic rings. The second-order valence-electron chi connectivity index (χ2n) is 5.93. The molecule has 0 amide bonds. The molecule has 0 radical (unpaired) electrons. The Balaban J connectivity index is 2.28. The molecule has 0 bridgehead atoms. The quantitative estimate of drug-likeness (QED) is 0.466. The number of ether oxygens (including phenoxy) is 2. The Morgan fingerprint density at radius 3 is 2.72 bits per heavy atom. The van der Waals surface area contributed by atoms with Crippen molar-refractivity contribution in [3.8, 4) is 0 Å². The zero-order chi connectivity index (χ0) is 18.6. The van der Waals surface area contributed by atoms with Crippen LogP contribution in [0, 0.1) is 0 Å². The molecule has 25 heavy (non-hydrogen) atoms. The molecule has 0 aromatic heterocycles. The lowest BCUT2D eigenvalue weighted by atomic mass is 9.80. The SMILES string of the molecule is C/C=C/C=C/C1=CC2=CC(=O)[C@@](C)(OC(=O)C[C@H](C)O)C(=O)C2=CO1. The maximum atomic E-state index is 12.7. The van der Waals surface area contributed by atoms with Gasteiger partial charge in [0.1, 0.15) is 12.0 Å². The first-order chi connectivity index (χ1) is 11.8. The maximum Gasteiger partial charge on any atom is 0.309 e. The summed E-state index contributed by atoms with van der Waals surface area (Å²) in [5.74, 6) is -1.62. The van der Waals surface area contributed by atoms with Crippen molar-refractivity contribution in [1.82, 2.24) is 0 Å². The van der Waals surface area contributed by atoms with Crippen LogP contribution in [0.3, 0.4) is 0 Å². The first kappa shape index (κ1) is 18.6. The van der Waals surface area contributed by atoms with Crippen molar-refractivity contribution in [3.05, 3.63) is 59.6 Å². The lowest BCUT2D eigenvalue weighted by Gasteiger charge is -2.31. The molecule has 6 nitrogen and oxygen atoms in total. The average Bonchev–Trinajstić information content (AvgIpc) is 2.52. The molecule has 0 saturated heterocycles. The van der Waals surface area contributed by atoms with Crippen LogP contribution in [-0.2, 0) is 23.9 Å². The number of aliphatic hydroxyl groups excluding tert-OH is 1. The Morgan fingerprint density at radius 2 is 2.08 bits per heavy atom. The third-order valence-electron chi connectivity index (χ3n) is 3.70. The van der Waals surface area contributed by atoms with E-state index in [2.05, 4.69) is 0 Å². The van der Waals surface area contributed by atoms with Crippen LogP contribution in [0.15, 0.2) is 59.6 Å². The van der Waals surface area contributed by atoms with Gasteiger partial charge in [-0.3, -0.25) is 14.4 Å². The van der Waals surface area contributed by atoms with Crippen molar-refractivity contribution in [1.29, 1.82) is 0 Å². The van der Waals surface area contributed by atoms with Gasteiger partial charge in [-0.05, 0) is 44.6 Å². The highest BCUT2D eigenvalue weighted by Crippen LogP contribution is 2.33. The van der Waals surface area contributed by atoms with Gasteiger partial charge in [-0.1, -0.05) is 18.2 Å². The molecule has 0 aromatic rings. The van der Waals surface area contributed by atoms with Crippen molar-refractivity contribution in [3.63, 3.8) is 0 Å². The molecule has 1 N–H and O–H groups in total. The zero-order valence-corrected chi connectivity index (χ0v) is 14.3. The fourth-order valence-corrected chi connectivity index (χ4v) is 2.37. The lowest BCUT2D eigenvalue weighted by molar-refractivity contribution is -0.170. The number of ketones is 2. The van der Waals surface area contributed by atoms with Crippen molar-refractivity contribution in [2.45, 2.75) is 38.9 Å². The lowest BCUT2D eigenvalue weighted by Crippen LogP contribution is -2.50. The summed E-state index contributed by atoms with van der Waals surface area (Å²) in [7, 11) is 0. The smallest absolute Gasteiger partial charge is 0.309 e. The van der Waals surface area contributed by atoms with Crippen LogP contribution in [0.25, 0.3) is 0 Å². The van der Waals surface area contributed by atoms with E-state index in [1.807, 2.05) is 19.1 Å². The Labute approximate surface area is 145 Å². The van der Waals surface area contributed by atoms with Gasteiger partial charge >= 0.3 is 5.97 Å². The van der Waals surface area contributed by atoms with Gasteiger partial charge in [0.2, 0.25) is 17.2 Å². The van der Waals surface area contributed by atoms with Gasteiger partial charge < -0.3 is 14.6 Å². The first-order valence-corrected chi connectivity index (χ1v) is 7.87. The predicted octanol–water partition coefficient (Wildman–Crippen LogP) is 2.07. The Kier molecular flexibility index (Phi) is 5.54. The molecule has 0 spiro atoms. The van der Waals surface area contributed by atoms with Gasteiger partial charge in [-0.2, -0.15) is 0 Å². The number of fused-ring (bicyclic) bond motifs is 1. The van der Waals surface area contributed by atoms with Crippen LogP contribution in [-0.4, -0.2) is 34.3 Å². The van der Waals surface area contributed by atoms with Gasteiger partial charge in [-0.25, -0.2) is 0 Å². The number of carbonyl (C=O) groups is 3. The van der Waals surface area contributed by atoms with E-state index in [1.165, 1.54) is 26.2 Å². The molecule has 1 aliphatic heterocycles. The van der Waals surface area contributed by atoms with Gasteiger partial charge in [0, 0.05) is 0 Å². The third-order valence-corrected chi connectivity index (χ3v) is 3.70. The molecule has 1 heterocycles. The molecule has 2 atom stereocenters. The Morgan fingerprint density at radius 1 is 1.36 bits per heavy atom. The highest BCUT2D eigenvalue weighted by molar-refractivity contribution is 6.26. The molecule has 1 aliphatic carbocycles. The summed E-state index contributed by atoms with van der Waals surface area (Å²) >= 11 is 0. The molecule has 0 fully saturated rings. The van der Waals surface area contributed by atoms with Crippen LogP contribution in [0.5, 0.6) is 0 Å². The van der Waals surface area contributed by atoms with E-state index < -0.39 is 29.2 Å².